The predicted molar refractivity (Wildman–Crippen MR) is 101 cm³/mol. The second-order valence-electron chi connectivity index (χ2n) is 7.24. The first-order valence-corrected chi connectivity index (χ1v) is 10.0. The van der Waals surface area contributed by atoms with Gasteiger partial charge in [-0.05, 0) is 45.7 Å². The molecule has 1 atom stereocenters. The van der Waals surface area contributed by atoms with Crippen LogP contribution in [0.25, 0.3) is 0 Å². The van der Waals surface area contributed by atoms with E-state index in [-0.39, 0.29) is 17.4 Å². The van der Waals surface area contributed by atoms with Crippen molar-refractivity contribution in [1.29, 1.82) is 0 Å². The number of rotatable bonds is 4. The van der Waals surface area contributed by atoms with E-state index in [0.29, 0.717) is 22.1 Å². The summed E-state index contributed by atoms with van der Waals surface area (Å²) >= 11 is 1.28. The van der Waals surface area contributed by atoms with Crippen molar-refractivity contribution in [3.05, 3.63) is 50.6 Å². The van der Waals surface area contributed by atoms with Gasteiger partial charge in [-0.25, -0.2) is 4.98 Å². The minimum absolute atomic E-state index is 0.00431. The average Bonchev–Trinajstić information content (AvgIpc) is 3.37. The summed E-state index contributed by atoms with van der Waals surface area (Å²) in [4.78, 5) is 32.7. The molecule has 1 N–H and O–H groups in total. The molecule has 0 aromatic carbocycles. The fourth-order valence-electron chi connectivity index (χ4n) is 4.16. The largest absolute Gasteiger partial charge is 0.503 e. The number of aromatic nitrogens is 1. The Morgan fingerprint density at radius 1 is 1.26 bits per heavy atom. The van der Waals surface area contributed by atoms with Gasteiger partial charge in [-0.3, -0.25) is 9.59 Å². The van der Waals surface area contributed by atoms with Crippen LogP contribution in [0.3, 0.4) is 0 Å². The normalized spacial score (nSPS) is 20.9. The zero-order chi connectivity index (χ0) is 19.3. The number of carbonyl (C=O) groups is 2. The van der Waals surface area contributed by atoms with Gasteiger partial charge in [0.2, 0.25) is 5.78 Å². The van der Waals surface area contributed by atoms with Gasteiger partial charge in [0.25, 0.3) is 5.91 Å². The zero-order valence-electron chi connectivity index (χ0n) is 15.6. The number of furan rings is 1. The lowest BCUT2D eigenvalue weighted by molar-refractivity contribution is -0.132. The maximum atomic E-state index is 13.3. The average molecular weight is 386 g/mol. The van der Waals surface area contributed by atoms with Crippen LogP contribution >= 0.6 is 11.3 Å². The Kier molecular flexibility index (Phi) is 4.42. The first-order valence-electron chi connectivity index (χ1n) is 9.19. The Bertz CT molecular complexity index is 949. The maximum absolute atomic E-state index is 13.3. The molecule has 0 bridgehead atoms. The van der Waals surface area contributed by atoms with E-state index < -0.39 is 17.7 Å². The summed E-state index contributed by atoms with van der Waals surface area (Å²) in [5, 5.41) is 11.4. The first kappa shape index (κ1) is 18.0. The number of aliphatic hydroxyl groups is 1. The zero-order valence-corrected chi connectivity index (χ0v) is 16.4. The molecule has 6 nitrogen and oxygen atoms in total. The Morgan fingerprint density at radius 2 is 1.96 bits per heavy atom. The SMILES string of the molecule is Cc1ccc(C2C(C(=O)c3sc(C)nc3C)=C(O)C(=O)N2C2CCCC2)o1. The van der Waals surface area contributed by atoms with Crippen LogP contribution in [0.2, 0.25) is 0 Å². The molecular formula is C20H22N2O4S. The standard InChI is InChI=1S/C20H22N2O4S/c1-10-8-9-14(26-10)16-15(17(23)19-11(2)21-12(3)27-19)18(24)20(25)22(16)13-6-4-5-7-13/h8-9,13,16,24H,4-7H2,1-3H3. The van der Waals surface area contributed by atoms with Gasteiger partial charge < -0.3 is 14.4 Å². The summed E-state index contributed by atoms with van der Waals surface area (Å²) in [6, 6.07) is 2.91. The molecule has 2 aliphatic rings. The topological polar surface area (TPSA) is 83.6 Å². The number of aryl methyl sites for hydroxylation is 3. The maximum Gasteiger partial charge on any atom is 0.290 e. The van der Waals surface area contributed by atoms with Crippen LogP contribution in [0.5, 0.6) is 0 Å². The number of aliphatic hydroxyl groups excluding tert-OH is 1. The number of hydrogen-bond acceptors (Lipinski definition) is 6. The summed E-state index contributed by atoms with van der Waals surface area (Å²) in [5.41, 5.74) is 0.719. The van der Waals surface area contributed by atoms with E-state index in [1.54, 1.807) is 17.9 Å². The molecule has 27 heavy (non-hydrogen) atoms. The number of Topliss-reactive ketones (excluding diaryl/α,β-unsaturated/α-hetero) is 1. The van der Waals surface area contributed by atoms with Crippen molar-refractivity contribution in [2.75, 3.05) is 0 Å². The predicted octanol–water partition coefficient (Wildman–Crippen LogP) is 4.18. The van der Waals surface area contributed by atoms with E-state index in [1.165, 1.54) is 11.3 Å². The van der Waals surface area contributed by atoms with Crippen molar-refractivity contribution in [2.24, 2.45) is 0 Å². The van der Waals surface area contributed by atoms with Crippen molar-refractivity contribution in [3.8, 4) is 0 Å². The van der Waals surface area contributed by atoms with Crippen molar-refractivity contribution < 1.29 is 19.1 Å². The van der Waals surface area contributed by atoms with Crippen LogP contribution in [-0.4, -0.2) is 32.7 Å². The number of carbonyl (C=O) groups excluding carboxylic acids is 2. The van der Waals surface area contributed by atoms with Crippen molar-refractivity contribution in [3.63, 3.8) is 0 Å². The molecule has 2 aromatic heterocycles. The van der Waals surface area contributed by atoms with E-state index >= 15 is 0 Å². The van der Waals surface area contributed by atoms with Crippen molar-refractivity contribution in [1.82, 2.24) is 9.88 Å². The fraction of sp³-hybridized carbons (Fsp3) is 0.450. The summed E-state index contributed by atoms with van der Waals surface area (Å²) in [7, 11) is 0. The van der Waals surface area contributed by atoms with Gasteiger partial charge in [0.05, 0.1) is 21.2 Å². The van der Waals surface area contributed by atoms with Crippen LogP contribution in [0.1, 0.15) is 63.6 Å². The van der Waals surface area contributed by atoms with Gasteiger partial charge in [0, 0.05) is 6.04 Å². The van der Waals surface area contributed by atoms with Crippen molar-refractivity contribution >= 4 is 23.0 Å². The minimum atomic E-state index is -0.691. The van der Waals surface area contributed by atoms with E-state index in [2.05, 4.69) is 4.98 Å². The summed E-state index contributed by atoms with van der Waals surface area (Å²) < 4.78 is 5.80. The molecule has 7 heteroatoms. The molecule has 0 spiro atoms. The van der Waals surface area contributed by atoms with E-state index in [1.807, 2.05) is 19.9 Å². The highest BCUT2D eigenvalue weighted by atomic mass is 32.1. The third-order valence-corrected chi connectivity index (χ3v) is 6.42. The quantitative estimate of drug-likeness (QED) is 0.797. The molecule has 1 saturated carbocycles. The lowest BCUT2D eigenvalue weighted by Crippen LogP contribution is -2.38. The molecular weight excluding hydrogens is 364 g/mol. The highest BCUT2D eigenvalue weighted by molar-refractivity contribution is 7.14. The molecule has 0 radical (unpaired) electrons. The second kappa shape index (κ2) is 6.64. The van der Waals surface area contributed by atoms with Crippen LogP contribution in [-0.2, 0) is 4.79 Å². The molecule has 1 aliphatic carbocycles. The van der Waals surface area contributed by atoms with Gasteiger partial charge in [0.1, 0.15) is 17.6 Å². The highest BCUT2D eigenvalue weighted by Crippen LogP contribution is 2.44. The molecule has 4 rings (SSSR count). The smallest absolute Gasteiger partial charge is 0.290 e. The van der Waals surface area contributed by atoms with E-state index in [9.17, 15) is 14.7 Å². The summed E-state index contributed by atoms with van der Waals surface area (Å²) in [6.45, 7) is 5.43. The molecule has 1 fully saturated rings. The number of nitrogens with zero attached hydrogens (tertiary/aromatic N) is 2. The molecule has 1 amide bonds. The molecule has 3 heterocycles. The molecule has 142 valence electrons. The van der Waals surface area contributed by atoms with Gasteiger partial charge >= 0.3 is 0 Å². The van der Waals surface area contributed by atoms with Gasteiger partial charge in [-0.2, -0.15) is 0 Å². The number of thiazole rings is 1. The minimum Gasteiger partial charge on any atom is -0.503 e. The molecule has 1 aliphatic heterocycles. The third kappa shape index (κ3) is 2.90. The Labute approximate surface area is 161 Å². The fourth-order valence-corrected chi connectivity index (χ4v) is 5.03. The third-order valence-electron chi connectivity index (χ3n) is 5.35. The van der Waals surface area contributed by atoms with Gasteiger partial charge in [0.15, 0.2) is 5.76 Å². The van der Waals surface area contributed by atoms with Crippen LogP contribution in [0.15, 0.2) is 27.9 Å². The number of amides is 1. The van der Waals surface area contributed by atoms with Crippen molar-refractivity contribution in [2.45, 2.75) is 58.5 Å². The first-order chi connectivity index (χ1) is 12.9. The number of hydrogen-bond donors (Lipinski definition) is 1. The van der Waals surface area contributed by atoms with E-state index in [0.717, 1.165) is 30.7 Å². The van der Waals surface area contributed by atoms with Gasteiger partial charge in [-0.15, -0.1) is 11.3 Å². The summed E-state index contributed by atoms with van der Waals surface area (Å²) in [6.07, 6.45) is 3.82. The Morgan fingerprint density at radius 3 is 2.52 bits per heavy atom. The lowest BCUT2D eigenvalue weighted by Gasteiger charge is -2.30. The molecule has 1 unspecified atom stereocenters. The Hall–Kier alpha value is -2.41. The Balaban J connectivity index is 1.82. The lowest BCUT2D eigenvalue weighted by atomic mass is 9.98. The molecule has 2 aromatic rings. The number of ketones is 1. The van der Waals surface area contributed by atoms with Gasteiger partial charge in [-0.1, -0.05) is 12.8 Å². The summed E-state index contributed by atoms with van der Waals surface area (Å²) in [5.74, 6) is -0.0750. The molecule has 0 saturated heterocycles. The monoisotopic (exact) mass is 386 g/mol. The van der Waals surface area contributed by atoms with Crippen LogP contribution < -0.4 is 0 Å². The highest BCUT2D eigenvalue weighted by Gasteiger charge is 2.48. The van der Waals surface area contributed by atoms with E-state index in [4.69, 9.17) is 4.42 Å². The van der Waals surface area contributed by atoms with Crippen LogP contribution in [0, 0.1) is 20.8 Å². The van der Waals surface area contributed by atoms with Crippen LogP contribution in [0.4, 0.5) is 0 Å². The second-order valence-corrected chi connectivity index (χ2v) is 8.44.